The van der Waals surface area contributed by atoms with Crippen LogP contribution < -0.4 is 4.74 Å². The SMILES string of the molecule is O=C1COc2c1cc(F)c(F)c2F. The van der Waals surface area contributed by atoms with Crippen molar-refractivity contribution in [2.75, 3.05) is 6.61 Å². The number of carbonyl (C=O) groups is 1. The molecule has 0 saturated carbocycles. The minimum Gasteiger partial charge on any atom is -0.481 e. The van der Waals surface area contributed by atoms with Crippen molar-refractivity contribution >= 4 is 5.78 Å². The number of rotatable bonds is 0. The second-order valence-corrected chi connectivity index (χ2v) is 2.57. The van der Waals surface area contributed by atoms with E-state index in [9.17, 15) is 18.0 Å². The molecule has 1 heterocycles. The van der Waals surface area contributed by atoms with E-state index >= 15 is 0 Å². The first kappa shape index (κ1) is 8.10. The monoisotopic (exact) mass is 188 g/mol. The van der Waals surface area contributed by atoms with Gasteiger partial charge in [-0.25, -0.2) is 8.78 Å². The fraction of sp³-hybridized carbons (Fsp3) is 0.125. The van der Waals surface area contributed by atoms with Crippen molar-refractivity contribution in [1.82, 2.24) is 0 Å². The molecule has 1 aromatic rings. The van der Waals surface area contributed by atoms with Gasteiger partial charge >= 0.3 is 0 Å². The molecule has 0 aliphatic carbocycles. The number of hydrogen-bond acceptors (Lipinski definition) is 2. The zero-order chi connectivity index (χ0) is 9.59. The Balaban J connectivity index is 2.74. The Bertz CT molecular complexity index is 401. The molecule has 0 amide bonds. The number of hydrogen-bond donors (Lipinski definition) is 0. The Hall–Kier alpha value is -1.52. The largest absolute Gasteiger partial charge is 0.481 e. The highest BCUT2D eigenvalue weighted by molar-refractivity contribution is 6.02. The lowest BCUT2D eigenvalue weighted by atomic mass is 10.1. The summed E-state index contributed by atoms with van der Waals surface area (Å²) in [5.74, 6) is -5.49. The third-order valence-electron chi connectivity index (χ3n) is 1.77. The number of ketones is 1. The predicted octanol–water partition coefficient (Wildman–Crippen LogP) is 1.68. The fourth-order valence-corrected chi connectivity index (χ4v) is 1.14. The second-order valence-electron chi connectivity index (χ2n) is 2.57. The van der Waals surface area contributed by atoms with Crippen LogP contribution in [-0.4, -0.2) is 12.4 Å². The number of Topliss-reactive ketones (excluding diaryl/α,β-unsaturated/α-hetero) is 1. The molecule has 0 N–H and O–H groups in total. The first-order valence-electron chi connectivity index (χ1n) is 3.44. The van der Waals surface area contributed by atoms with E-state index in [1.54, 1.807) is 0 Å². The van der Waals surface area contributed by atoms with Gasteiger partial charge in [0.25, 0.3) is 0 Å². The summed E-state index contributed by atoms with van der Waals surface area (Å²) in [5, 5.41) is 0. The van der Waals surface area contributed by atoms with Crippen molar-refractivity contribution in [3.8, 4) is 5.75 Å². The van der Waals surface area contributed by atoms with E-state index in [1.807, 2.05) is 0 Å². The van der Waals surface area contributed by atoms with Gasteiger partial charge in [0.05, 0.1) is 5.56 Å². The van der Waals surface area contributed by atoms with Gasteiger partial charge < -0.3 is 4.74 Å². The molecule has 0 aromatic heterocycles. The normalized spacial score (nSPS) is 14.2. The van der Waals surface area contributed by atoms with Crippen LogP contribution in [0, 0.1) is 17.5 Å². The van der Waals surface area contributed by atoms with E-state index in [0.717, 1.165) is 0 Å². The van der Waals surface area contributed by atoms with Gasteiger partial charge in [-0.3, -0.25) is 4.79 Å². The van der Waals surface area contributed by atoms with Gasteiger partial charge in [-0.2, -0.15) is 4.39 Å². The zero-order valence-corrected chi connectivity index (χ0v) is 6.23. The molecular formula is C8H3F3O2. The average molecular weight is 188 g/mol. The maximum atomic E-state index is 12.8. The van der Waals surface area contributed by atoms with Gasteiger partial charge in [-0.1, -0.05) is 0 Å². The minimum absolute atomic E-state index is 0.239. The maximum Gasteiger partial charge on any atom is 0.204 e. The summed E-state index contributed by atoms with van der Waals surface area (Å²) in [7, 11) is 0. The molecule has 5 heteroatoms. The molecule has 2 rings (SSSR count). The number of benzene rings is 1. The number of halogens is 3. The number of carbonyl (C=O) groups excluding carboxylic acids is 1. The quantitative estimate of drug-likeness (QED) is 0.579. The molecule has 0 saturated heterocycles. The Labute approximate surface area is 70.9 Å². The average Bonchev–Trinajstić information content (AvgIpc) is 2.45. The zero-order valence-electron chi connectivity index (χ0n) is 6.23. The maximum absolute atomic E-state index is 12.8. The van der Waals surface area contributed by atoms with E-state index in [0.29, 0.717) is 6.07 Å². The van der Waals surface area contributed by atoms with Crippen LogP contribution >= 0.6 is 0 Å². The first-order chi connectivity index (χ1) is 6.11. The predicted molar refractivity (Wildman–Crippen MR) is 36.1 cm³/mol. The molecule has 2 nitrogen and oxygen atoms in total. The van der Waals surface area contributed by atoms with E-state index in [-0.39, 0.29) is 12.2 Å². The standard InChI is InChI=1S/C8H3F3O2/c9-4-1-3-5(12)2-13-8(3)7(11)6(4)10/h1H,2H2. The van der Waals surface area contributed by atoms with Crippen molar-refractivity contribution in [1.29, 1.82) is 0 Å². The summed E-state index contributed by atoms with van der Waals surface area (Å²) in [6, 6.07) is 0.642. The number of ether oxygens (including phenoxy) is 1. The van der Waals surface area contributed by atoms with Gasteiger partial charge in [0.1, 0.15) is 0 Å². The van der Waals surface area contributed by atoms with Gasteiger partial charge in [0.2, 0.25) is 11.6 Å². The highest BCUT2D eigenvalue weighted by Crippen LogP contribution is 2.31. The van der Waals surface area contributed by atoms with Crippen LogP contribution in [0.2, 0.25) is 0 Å². The molecule has 0 radical (unpaired) electrons. The van der Waals surface area contributed by atoms with Gasteiger partial charge in [-0.15, -0.1) is 0 Å². The van der Waals surface area contributed by atoms with Crippen LogP contribution in [0.5, 0.6) is 5.75 Å². The molecule has 1 aliphatic heterocycles. The molecule has 13 heavy (non-hydrogen) atoms. The highest BCUT2D eigenvalue weighted by Gasteiger charge is 2.29. The third kappa shape index (κ3) is 0.998. The van der Waals surface area contributed by atoms with Crippen molar-refractivity contribution in [3.05, 3.63) is 29.1 Å². The van der Waals surface area contributed by atoms with Gasteiger partial charge in [-0.05, 0) is 6.07 Å². The molecular weight excluding hydrogens is 185 g/mol. The first-order valence-corrected chi connectivity index (χ1v) is 3.44. The molecule has 1 aliphatic rings. The fourth-order valence-electron chi connectivity index (χ4n) is 1.14. The lowest BCUT2D eigenvalue weighted by Crippen LogP contribution is -1.99. The van der Waals surface area contributed by atoms with Crippen molar-refractivity contribution in [3.63, 3.8) is 0 Å². The summed E-state index contributed by atoms with van der Waals surface area (Å²) >= 11 is 0. The smallest absolute Gasteiger partial charge is 0.204 e. The van der Waals surface area contributed by atoms with E-state index in [2.05, 4.69) is 4.74 Å². The Kier molecular flexibility index (Phi) is 1.55. The lowest BCUT2D eigenvalue weighted by molar-refractivity contribution is 0.0960. The summed E-state index contributed by atoms with van der Waals surface area (Å²) in [6.07, 6.45) is 0. The van der Waals surface area contributed by atoms with Gasteiger partial charge in [0, 0.05) is 0 Å². The van der Waals surface area contributed by atoms with E-state index < -0.39 is 29.0 Å². The van der Waals surface area contributed by atoms with Crippen molar-refractivity contribution in [2.45, 2.75) is 0 Å². The minimum atomic E-state index is -1.62. The van der Waals surface area contributed by atoms with Crippen LogP contribution in [0.4, 0.5) is 13.2 Å². The second kappa shape index (κ2) is 2.48. The Morgan fingerprint density at radius 2 is 1.92 bits per heavy atom. The molecule has 0 atom stereocenters. The molecule has 0 bridgehead atoms. The van der Waals surface area contributed by atoms with Crippen molar-refractivity contribution < 1.29 is 22.7 Å². The summed E-state index contributed by atoms with van der Waals surface area (Å²) in [4.78, 5) is 10.9. The van der Waals surface area contributed by atoms with E-state index in [1.165, 1.54) is 0 Å². The molecule has 1 aromatic carbocycles. The van der Waals surface area contributed by atoms with Crippen LogP contribution in [0.25, 0.3) is 0 Å². The van der Waals surface area contributed by atoms with Crippen molar-refractivity contribution in [2.24, 2.45) is 0 Å². The topological polar surface area (TPSA) is 26.3 Å². The number of fused-ring (bicyclic) bond motifs is 1. The van der Waals surface area contributed by atoms with Crippen LogP contribution in [0.3, 0.4) is 0 Å². The summed E-state index contributed by atoms with van der Waals surface area (Å²) < 4.78 is 42.5. The Morgan fingerprint density at radius 1 is 1.23 bits per heavy atom. The Morgan fingerprint density at radius 3 is 2.62 bits per heavy atom. The summed E-state index contributed by atoms with van der Waals surface area (Å²) in [6.45, 7) is -0.366. The third-order valence-corrected chi connectivity index (χ3v) is 1.77. The van der Waals surface area contributed by atoms with Crippen LogP contribution in [0.15, 0.2) is 6.07 Å². The highest BCUT2D eigenvalue weighted by atomic mass is 19.2. The molecule has 0 fully saturated rings. The van der Waals surface area contributed by atoms with Gasteiger partial charge in [0.15, 0.2) is 24.0 Å². The summed E-state index contributed by atoms with van der Waals surface area (Å²) in [5.41, 5.74) is -0.239. The van der Waals surface area contributed by atoms with Crippen LogP contribution in [-0.2, 0) is 0 Å². The lowest BCUT2D eigenvalue weighted by Gasteiger charge is -2.00. The van der Waals surface area contributed by atoms with E-state index in [4.69, 9.17) is 0 Å². The molecule has 0 spiro atoms. The molecule has 68 valence electrons. The molecule has 0 unspecified atom stereocenters. The van der Waals surface area contributed by atoms with Crippen LogP contribution in [0.1, 0.15) is 10.4 Å².